The molecule has 3 nitrogen and oxygen atoms in total. The number of rotatable bonds is 5. The smallest absolute Gasteiger partial charge is 0.211 e. The molecule has 1 aliphatic carbocycles. The zero-order valence-electron chi connectivity index (χ0n) is 9.11. The fourth-order valence-electron chi connectivity index (χ4n) is 1.94. The molecule has 0 amide bonds. The number of carbonyl (C=O) groups excluding carboxylic acids is 1. The maximum absolute atomic E-state index is 11.7. The Balaban J connectivity index is 1.78. The van der Waals surface area contributed by atoms with Gasteiger partial charge in [0.15, 0.2) is 5.76 Å². The van der Waals surface area contributed by atoms with Gasteiger partial charge in [-0.15, -0.1) is 0 Å². The summed E-state index contributed by atoms with van der Waals surface area (Å²) in [5, 5.41) is 0. The number of furan rings is 1. The van der Waals surface area contributed by atoms with Gasteiger partial charge in [0.05, 0.1) is 12.8 Å². The third-order valence-corrected chi connectivity index (χ3v) is 3.00. The number of hydrogen-bond donors (Lipinski definition) is 0. The van der Waals surface area contributed by atoms with Crippen molar-refractivity contribution in [1.82, 2.24) is 4.90 Å². The monoisotopic (exact) mass is 207 g/mol. The topological polar surface area (TPSA) is 33.5 Å². The molecule has 1 aromatic rings. The third kappa shape index (κ3) is 2.69. The second-order valence-corrected chi connectivity index (χ2v) is 4.39. The number of nitrogens with zero attached hydrogens (tertiary/aromatic N) is 1. The average Bonchev–Trinajstić information content (AvgIpc) is 2.64. The van der Waals surface area contributed by atoms with Crippen molar-refractivity contribution in [2.75, 3.05) is 20.1 Å². The van der Waals surface area contributed by atoms with Gasteiger partial charge in [0.25, 0.3) is 0 Å². The van der Waals surface area contributed by atoms with Crippen LogP contribution in [0.25, 0.3) is 0 Å². The van der Waals surface area contributed by atoms with Crippen LogP contribution in [0.3, 0.4) is 0 Å². The normalized spacial score (nSPS) is 16.7. The van der Waals surface area contributed by atoms with Crippen molar-refractivity contribution in [3.8, 4) is 0 Å². The molecule has 15 heavy (non-hydrogen) atoms. The molecule has 0 bridgehead atoms. The minimum atomic E-state index is 0.0711. The number of likely N-dealkylation sites (N-methyl/N-ethyl adjacent to an activating group) is 1. The molecule has 0 saturated heterocycles. The first-order valence-corrected chi connectivity index (χ1v) is 5.51. The van der Waals surface area contributed by atoms with E-state index in [9.17, 15) is 4.79 Å². The van der Waals surface area contributed by atoms with Crippen molar-refractivity contribution in [2.45, 2.75) is 19.3 Å². The van der Waals surface area contributed by atoms with Crippen molar-refractivity contribution in [3.63, 3.8) is 0 Å². The molecular weight excluding hydrogens is 190 g/mol. The summed E-state index contributed by atoms with van der Waals surface area (Å²) in [6, 6.07) is 3.47. The zero-order valence-corrected chi connectivity index (χ0v) is 9.11. The van der Waals surface area contributed by atoms with Crippen molar-refractivity contribution >= 4 is 5.78 Å². The van der Waals surface area contributed by atoms with Gasteiger partial charge in [0.2, 0.25) is 5.78 Å². The molecule has 0 N–H and O–H groups in total. The van der Waals surface area contributed by atoms with Crippen molar-refractivity contribution in [3.05, 3.63) is 24.2 Å². The second-order valence-electron chi connectivity index (χ2n) is 4.39. The molecule has 1 aliphatic rings. The van der Waals surface area contributed by atoms with Gasteiger partial charge in [0.1, 0.15) is 0 Å². The summed E-state index contributed by atoms with van der Waals surface area (Å²) in [6.07, 6.45) is 5.53. The molecule has 0 spiro atoms. The molecule has 2 rings (SSSR count). The Hall–Kier alpha value is -1.09. The van der Waals surface area contributed by atoms with E-state index in [4.69, 9.17) is 4.42 Å². The van der Waals surface area contributed by atoms with Crippen LogP contribution in [0.15, 0.2) is 22.8 Å². The maximum atomic E-state index is 11.7. The van der Waals surface area contributed by atoms with Crippen LogP contribution in [-0.4, -0.2) is 30.8 Å². The molecule has 1 aromatic heterocycles. The van der Waals surface area contributed by atoms with Gasteiger partial charge in [-0.3, -0.25) is 9.69 Å². The molecule has 0 radical (unpaired) electrons. The summed E-state index contributed by atoms with van der Waals surface area (Å²) < 4.78 is 5.07. The maximum Gasteiger partial charge on any atom is 0.211 e. The van der Waals surface area contributed by atoms with Gasteiger partial charge < -0.3 is 4.42 Å². The van der Waals surface area contributed by atoms with Crippen molar-refractivity contribution < 1.29 is 9.21 Å². The molecule has 0 unspecified atom stereocenters. The molecule has 0 aromatic carbocycles. The third-order valence-electron chi connectivity index (χ3n) is 3.00. The van der Waals surface area contributed by atoms with E-state index < -0.39 is 0 Å². The van der Waals surface area contributed by atoms with Gasteiger partial charge in [-0.2, -0.15) is 0 Å². The van der Waals surface area contributed by atoms with E-state index in [-0.39, 0.29) is 5.78 Å². The van der Waals surface area contributed by atoms with Crippen LogP contribution < -0.4 is 0 Å². The Morgan fingerprint density at radius 1 is 1.60 bits per heavy atom. The predicted octanol–water partition coefficient (Wildman–Crippen LogP) is 2.19. The van der Waals surface area contributed by atoms with Gasteiger partial charge >= 0.3 is 0 Å². The molecule has 82 valence electrons. The fraction of sp³-hybridized carbons (Fsp3) is 0.583. The van der Waals surface area contributed by atoms with Gasteiger partial charge in [-0.25, -0.2) is 0 Å². The van der Waals surface area contributed by atoms with Crippen LogP contribution in [0, 0.1) is 5.92 Å². The lowest BCUT2D eigenvalue weighted by Crippen LogP contribution is -2.33. The van der Waals surface area contributed by atoms with E-state index in [1.165, 1.54) is 19.3 Å². The predicted molar refractivity (Wildman–Crippen MR) is 57.9 cm³/mol. The molecule has 1 heterocycles. The van der Waals surface area contributed by atoms with Gasteiger partial charge in [-0.1, -0.05) is 6.42 Å². The van der Waals surface area contributed by atoms with Gasteiger partial charge in [-0.05, 0) is 37.9 Å². The van der Waals surface area contributed by atoms with E-state index in [0.29, 0.717) is 12.3 Å². The van der Waals surface area contributed by atoms with E-state index in [0.717, 1.165) is 12.5 Å². The van der Waals surface area contributed by atoms with E-state index in [1.807, 2.05) is 7.05 Å². The average molecular weight is 207 g/mol. The highest BCUT2D eigenvalue weighted by molar-refractivity contribution is 5.94. The molecule has 1 saturated carbocycles. The quantitative estimate of drug-likeness (QED) is 0.694. The van der Waals surface area contributed by atoms with Crippen LogP contribution in [0.4, 0.5) is 0 Å². The van der Waals surface area contributed by atoms with E-state index in [1.54, 1.807) is 18.4 Å². The van der Waals surface area contributed by atoms with Crippen LogP contribution in [0.1, 0.15) is 29.8 Å². The highest BCUT2D eigenvalue weighted by Crippen LogP contribution is 2.26. The Morgan fingerprint density at radius 2 is 2.40 bits per heavy atom. The number of ketones is 1. The molecular formula is C12H17NO2. The SMILES string of the molecule is CN(CC(=O)c1ccco1)CC1CCC1. The second kappa shape index (κ2) is 4.62. The minimum absolute atomic E-state index is 0.0711. The summed E-state index contributed by atoms with van der Waals surface area (Å²) in [4.78, 5) is 13.8. The Kier molecular flexibility index (Phi) is 3.21. The minimum Gasteiger partial charge on any atom is -0.461 e. The van der Waals surface area contributed by atoms with Crippen LogP contribution in [0.2, 0.25) is 0 Å². The summed E-state index contributed by atoms with van der Waals surface area (Å²) >= 11 is 0. The van der Waals surface area contributed by atoms with Crippen molar-refractivity contribution in [1.29, 1.82) is 0 Å². The van der Waals surface area contributed by atoms with E-state index in [2.05, 4.69) is 4.90 Å². The zero-order chi connectivity index (χ0) is 10.7. The number of Topliss-reactive ketones (excluding diaryl/α,β-unsaturated/α-hetero) is 1. The lowest BCUT2D eigenvalue weighted by atomic mass is 9.85. The standard InChI is InChI=1S/C12H17NO2/c1-13(8-10-4-2-5-10)9-11(14)12-6-3-7-15-12/h3,6-7,10H,2,4-5,8-9H2,1H3. The Bertz CT molecular complexity index is 314. The highest BCUT2D eigenvalue weighted by Gasteiger charge is 2.20. The van der Waals surface area contributed by atoms with Gasteiger partial charge in [0, 0.05) is 6.54 Å². The largest absolute Gasteiger partial charge is 0.461 e. The van der Waals surface area contributed by atoms with E-state index >= 15 is 0 Å². The Morgan fingerprint density at radius 3 is 2.93 bits per heavy atom. The first kappa shape index (κ1) is 10.4. The highest BCUT2D eigenvalue weighted by atomic mass is 16.3. The summed E-state index contributed by atoms with van der Waals surface area (Å²) in [6.45, 7) is 1.50. The summed E-state index contributed by atoms with van der Waals surface area (Å²) in [7, 11) is 2.00. The molecule has 3 heteroatoms. The number of hydrogen-bond acceptors (Lipinski definition) is 3. The lowest BCUT2D eigenvalue weighted by Gasteiger charge is -2.29. The van der Waals surface area contributed by atoms with Crippen LogP contribution in [-0.2, 0) is 0 Å². The fourth-order valence-corrected chi connectivity index (χ4v) is 1.94. The van der Waals surface area contributed by atoms with Crippen LogP contribution in [0.5, 0.6) is 0 Å². The molecule has 0 aliphatic heterocycles. The first-order chi connectivity index (χ1) is 7.25. The first-order valence-electron chi connectivity index (χ1n) is 5.51. The summed E-state index contributed by atoms with van der Waals surface area (Å²) in [5.41, 5.74) is 0. The Labute approximate surface area is 90.1 Å². The molecule has 1 fully saturated rings. The number of carbonyl (C=O) groups is 1. The van der Waals surface area contributed by atoms with Crippen molar-refractivity contribution in [2.24, 2.45) is 5.92 Å². The van der Waals surface area contributed by atoms with Crippen LogP contribution >= 0.6 is 0 Å². The molecule has 0 atom stereocenters. The lowest BCUT2D eigenvalue weighted by molar-refractivity contribution is 0.0897. The summed E-state index contributed by atoms with van der Waals surface area (Å²) in [5.74, 6) is 1.34.